The fourth-order valence-electron chi connectivity index (χ4n) is 3.23. The van der Waals surface area contributed by atoms with Crippen molar-refractivity contribution >= 4 is 17.2 Å². The lowest BCUT2D eigenvalue weighted by molar-refractivity contribution is -0.123. The number of hydrogen-bond acceptors (Lipinski definition) is 4. The Labute approximate surface area is 147 Å². The van der Waals surface area contributed by atoms with Gasteiger partial charge in [0.15, 0.2) is 0 Å². The van der Waals surface area contributed by atoms with Crippen LogP contribution in [0.2, 0.25) is 0 Å². The summed E-state index contributed by atoms with van der Waals surface area (Å²) in [4.78, 5) is 16.0. The Kier molecular flexibility index (Phi) is 5.88. The van der Waals surface area contributed by atoms with Crippen LogP contribution in [0.15, 0.2) is 41.8 Å². The quantitative estimate of drug-likeness (QED) is 0.784. The van der Waals surface area contributed by atoms with Crippen molar-refractivity contribution in [2.45, 2.75) is 25.8 Å². The summed E-state index contributed by atoms with van der Waals surface area (Å²) < 4.78 is 5.60. The molecule has 1 aliphatic heterocycles. The van der Waals surface area contributed by atoms with E-state index in [0.29, 0.717) is 25.7 Å². The summed E-state index contributed by atoms with van der Waals surface area (Å²) in [6, 6.07) is 12.2. The Morgan fingerprint density at radius 1 is 1.33 bits per heavy atom. The number of fused-ring (bicyclic) bond motifs is 1. The maximum Gasteiger partial charge on any atom is 0.234 e. The standard InChI is InChI=1S/C19H24N2O2S/c1-2-17-16-9-13-24-18(16)8-11-21(17)14-19(22)20-10-12-23-15-6-4-3-5-7-15/h3-7,9,13,17H,2,8,10-12,14H2,1H3,(H,20,22). The van der Waals surface area contributed by atoms with E-state index in [9.17, 15) is 4.79 Å². The van der Waals surface area contributed by atoms with Crippen molar-refractivity contribution in [1.82, 2.24) is 10.2 Å². The highest BCUT2D eigenvalue weighted by molar-refractivity contribution is 7.10. The first kappa shape index (κ1) is 17.0. The van der Waals surface area contributed by atoms with Gasteiger partial charge in [0.05, 0.1) is 13.1 Å². The first-order valence-electron chi connectivity index (χ1n) is 8.52. The average molecular weight is 344 g/mol. The van der Waals surface area contributed by atoms with E-state index in [2.05, 4.69) is 28.6 Å². The number of hydrogen-bond donors (Lipinski definition) is 1. The van der Waals surface area contributed by atoms with E-state index in [1.807, 2.05) is 41.7 Å². The highest BCUT2D eigenvalue weighted by Crippen LogP contribution is 2.34. The molecule has 1 amide bonds. The minimum absolute atomic E-state index is 0.0730. The first-order valence-corrected chi connectivity index (χ1v) is 9.40. The zero-order valence-corrected chi connectivity index (χ0v) is 14.8. The number of para-hydroxylation sites is 1. The summed E-state index contributed by atoms with van der Waals surface area (Å²) >= 11 is 1.84. The van der Waals surface area contributed by atoms with Crippen molar-refractivity contribution < 1.29 is 9.53 Å². The van der Waals surface area contributed by atoms with E-state index < -0.39 is 0 Å². The van der Waals surface area contributed by atoms with E-state index in [1.165, 1.54) is 10.4 Å². The number of ether oxygens (including phenoxy) is 1. The van der Waals surface area contributed by atoms with Crippen LogP contribution in [-0.2, 0) is 11.2 Å². The Bertz CT molecular complexity index is 656. The summed E-state index contributed by atoms with van der Waals surface area (Å²) in [5.74, 6) is 0.905. The molecule has 0 spiro atoms. The van der Waals surface area contributed by atoms with Crippen molar-refractivity contribution in [3.8, 4) is 5.75 Å². The second-order valence-electron chi connectivity index (χ2n) is 5.96. The minimum atomic E-state index is 0.0730. The number of nitrogens with zero attached hydrogens (tertiary/aromatic N) is 1. The Morgan fingerprint density at radius 3 is 2.96 bits per heavy atom. The lowest BCUT2D eigenvalue weighted by Crippen LogP contribution is -2.43. The van der Waals surface area contributed by atoms with Crippen LogP contribution in [-0.4, -0.2) is 37.0 Å². The van der Waals surface area contributed by atoms with Crippen molar-refractivity contribution in [3.05, 3.63) is 52.2 Å². The molecule has 1 aromatic heterocycles. The summed E-state index contributed by atoms with van der Waals surface area (Å²) in [7, 11) is 0. The molecule has 24 heavy (non-hydrogen) atoms. The molecule has 4 nitrogen and oxygen atoms in total. The van der Waals surface area contributed by atoms with Crippen molar-refractivity contribution in [1.29, 1.82) is 0 Å². The number of rotatable bonds is 7. The highest BCUT2D eigenvalue weighted by atomic mass is 32.1. The Morgan fingerprint density at radius 2 is 2.17 bits per heavy atom. The fourth-order valence-corrected chi connectivity index (χ4v) is 4.16. The smallest absolute Gasteiger partial charge is 0.234 e. The monoisotopic (exact) mass is 344 g/mol. The van der Waals surface area contributed by atoms with E-state index in [4.69, 9.17) is 4.74 Å². The van der Waals surface area contributed by atoms with Gasteiger partial charge >= 0.3 is 0 Å². The molecule has 0 aliphatic carbocycles. The predicted molar refractivity (Wildman–Crippen MR) is 97.6 cm³/mol. The van der Waals surface area contributed by atoms with Gasteiger partial charge in [0.1, 0.15) is 12.4 Å². The van der Waals surface area contributed by atoms with Crippen LogP contribution in [0.1, 0.15) is 29.8 Å². The Hall–Kier alpha value is -1.85. The van der Waals surface area contributed by atoms with Crippen molar-refractivity contribution in [2.75, 3.05) is 26.2 Å². The third-order valence-electron chi connectivity index (χ3n) is 4.38. The van der Waals surface area contributed by atoms with Crippen LogP contribution in [0.5, 0.6) is 5.75 Å². The molecule has 0 fully saturated rings. The summed E-state index contributed by atoms with van der Waals surface area (Å²) in [6.07, 6.45) is 2.09. The van der Waals surface area contributed by atoms with Crippen LogP contribution >= 0.6 is 11.3 Å². The maximum absolute atomic E-state index is 12.2. The second-order valence-corrected chi connectivity index (χ2v) is 6.96. The van der Waals surface area contributed by atoms with Crippen LogP contribution in [0.25, 0.3) is 0 Å². The third-order valence-corrected chi connectivity index (χ3v) is 5.37. The van der Waals surface area contributed by atoms with E-state index in [-0.39, 0.29) is 5.91 Å². The number of benzene rings is 1. The van der Waals surface area contributed by atoms with Crippen molar-refractivity contribution in [2.24, 2.45) is 0 Å². The first-order chi connectivity index (χ1) is 11.8. The SMILES string of the molecule is CCC1c2ccsc2CCN1CC(=O)NCCOc1ccccc1. The van der Waals surface area contributed by atoms with Gasteiger partial charge < -0.3 is 10.1 Å². The third kappa shape index (κ3) is 4.16. The molecule has 2 aromatic rings. The van der Waals surface area contributed by atoms with Crippen molar-refractivity contribution in [3.63, 3.8) is 0 Å². The molecular formula is C19H24N2O2S. The molecule has 1 aromatic carbocycles. The predicted octanol–water partition coefficient (Wildman–Crippen LogP) is 3.25. The Balaban J connectivity index is 1.43. The summed E-state index contributed by atoms with van der Waals surface area (Å²) in [6.45, 7) is 4.62. The lowest BCUT2D eigenvalue weighted by atomic mass is 9.98. The molecule has 1 atom stereocenters. The highest BCUT2D eigenvalue weighted by Gasteiger charge is 2.27. The van der Waals surface area contributed by atoms with Crippen LogP contribution in [0.4, 0.5) is 0 Å². The van der Waals surface area contributed by atoms with Gasteiger partial charge in [0.25, 0.3) is 0 Å². The van der Waals surface area contributed by atoms with Gasteiger partial charge in [-0.15, -0.1) is 11.3 Å². The topological polar surface area (TPSA) is 41.6 Å². The largest absolute Gasteiger partial charge is 0.492 e. The minimum Gasteiger partial charge on any atom is -0.492 e. The number of carbonyl (C=O) groups excluding carboxylic acids is 1. The van der Waals surface area contributed by atoms with E-state index in [0.717, 1.165) is 25.1 Å². The average Bonchev–Trinajstić information content (AvgIpc) is 3.08. The van der Waals surface area contributed by atoms with Gasteiger partial charge in [0.2, 0.25) is 5.91 Å². The van der Waals surface area contributed by atoms with Crippen LogP contribution in [0.3, 0.4) is 0 Å². The molecule has 5 heteroatoms. The molecule has 0 bridgehead atoms. The lowest BCUT2D eigenvalue weighted by Gasteiger charge is -2.34. The summed E-state index contributed by atoms with van der Waals surface area (Å²) in [5, 5.41) is 5.12. The molecule has 128 valence electrons. The van der Waals surface area contributed by atoms with Crippen LogP contribution < -0.4 is 10.1 Å². The molecule has 1 N–H and O–H groups in total. The van der Waals surface area contributed by atoms with Gasteiger partial charge in [-0.25, -0.2) is 0 Å². The number of nitrogens with one attached hydrogen (secondary N) is 1. The molecule has 1 aliphatic rings. The normalized spacial score (nSPS) is 17.3. The molecule has 0 radical (unpaired) electrons. The van der Waals surface area contributed by atoms with Gasteiger partial charge in [0, 0.05) is 17.5 Å². The number of thiophene rings is 1. The molecule has 0 saturated carbocycles. The van der Waals surface area contributed by atoms with Gasteiger partial charge in [-0.3, -0.25) is 9.69 Å². The molecule has 0 saturated heterocycles. The maximum atomic E-state index is 12.2. The van der Waals surface area contributed by atoms with Gasteiger partial charge in [-0.2, -0.15) is 0 Å². The second kappa shape index (κ2) is 8.31. The molecule has 1 unspecified atom stereocenters. The molecule has 3 rings (SSSR count). The van der Waals surface area contributed by atoms with E-state index in [1.54, 1.807) is 0 Å². The number of amides is 1. The summed E-state index contributed by atoms with van der Waals surface area (Å²) in [5.41, 5.74) is 1.41. The molecular weight excluding hydrogens is 320 g/mol. The van der Waals surface area contributed by atoms with Gasteiger partial charge in [-0.05, 0) is 42.0 Å². The van der Waals surface area contributed by atoms with Gasteiger partial charge in [-0.1, -0.05) is 25.1 Å². The fraction of sp³-hybridized carbons (Fsp3) is 0.421. The number of carbonyl (C=O) groups is 1. The molecule has 2 heterocycles. The zero-order chi connectivity index (χ0) is 16.8. The van der Waals surface area contributed by atoms with Crippen LogP contribution in [0, 0.1) is 0 Å². The zero-order valence-electron chi connectivity index (χ0n) is 14.0. The van der Waals surface area contributed by atoms with E-state index >= 15 is 0 Å².